The van der Waals surface area contributed by atoms with Crippen LogP contribution in [0.15, 0.2) is 41.0 Å². The molecule has 1 aliphatic rings. The second-order valence-electron chi connectivity index (χ2n) is 5.29. The minimum absolute atomic E-state index is 0.359. The number of anilines is 1. The molecule has 1 fully saturated rings. The Morgan fingerprint density at radius 1 is 1.35 bits per heavy atom. The number of hydrogen-bond acceptors (Lipinski definition) is 3. The molecule has 0 unspecified atom stereocenters. The summed E-state index contributed by atoms with van der Waals surface area (Å²) in [5.41, 5.74) is 1.13. The molecule has 0 spiro atoms. The zero-order valence-electron chi connectivity index (χ0n) is 11.4. The molecule has 1 heterocycles. The fourth-order valence-electron chi connectivity index (χ4n) is 2.56. The SMILES string of the molecule is C[C@@H](O)c1c(F)cccc1N(Cc1ccco1)C1CC1. The van der Waals surface area contributed by atoms with Crippen molar-refractivity contribution in [3.8, 4) is 0 Å². The summed E-state index contributed by atoms with van der Waals surface area (Å²) >= 11 is 0. The lowest BCUT2D eigenvalue weighted by Gasteiger charge is -2.27. The summed E-state index contributed by atoms with van der Waals surface area (Å²) in [5, 5.41) is 9.87. The number of nitrogens with zero attached hydrogens (tertiary/aromatic N) is 1. The van der Waals surface area contributed by atoms with Gasteiger partial charge in [-0.25, -0.2) is 4.39 Å². The van der Waals surface area contributed by atoms with E-state index in [9.17, 15) is 9.50 Å². The second kappa shape index (κ2) is 5.29. The second-order valence-corrected chi connectivity index (χ2v) is 5.29. The number of benzene rings is 1. The summed E-state index contributed by atoms with van der Waals surface area (Å²) in [5.74, 6) is 0.486. The van der Waals surface area contributed by atoms with Gasteiger partial charge in [0.25, 0.3) is 0 Å². The standard InChI is InChI=1S/C16H18FNO2/c1-11(19)16-14(17)5-2-6-15(16)18(12-7-8-12)10-13-4-3-9-20-13/h2-6,9,11-12,19H,7-8,10H2,1H3/t11-/m1/s1. The van der Waals surface area contributed by atoms with Gasteiger partial charge in [0.15, 0.2) is 0 Å². The summed E-state index contributed by atoms with van der Waals surface area (Å²) in [6.07, 6.45) is 3.00. The van der Waals surface area contributed by atoms with Gasteiger partial charge in [-0.1, -0.05) is 6.07 Å². The number of halogens is 1. The van der Waals surface area contributed by atoms with Crippen molar-refractivity contribution in [2.45, 2.75) is 38.5 Å². The van der Waals surface area contributed by atoms with Crippen LogP contribution in [0.25, 0.3) is 0 Å². The van der Waals surface area contributed by atoms with Gasteiger partial charge in [0.05, 0.1) is 18.9 Å². The van der Waals surface area contributed by atoms with Crippen LogP contribution in [-0.2, 0) is 6.54 Å². The Hall–Kier alpha value is -1.81. The van der Waals surface area contributed by atoms with Crippen LogP contribution in [-0.4, -0.2) is 11.1 Å². The monoisotopic (exact) mass is 275 g/mol. The summed E-state index contributed by atoms with van der Waals surface area (Å²) in [6.45, 7) is 2.20. The topological polar surface area (TPSA) is 36.6 Å². The average Bonchev–Trinajstić information content (AvgIpc) is 3.12. The molecule has 4 heteroatoms. The van der Waals surface area contributed by atoms with Crippen LogP contribution >= 0.6 is 0 Å². The first-order valence-electron chi connectivity index (χ1n) is 6.92. The molecule has 1 aromatic heterocycles. The molecule has 1 aromatic carbocycles. The van der Waals surface area contributed by atoms with Crippen LogP contribution in [0.1, 0.15) is 37.2 Å². The fraction of sp³-hybridized carbons (Fsp3) is 0.375. The van der Waals surface area contributed by atoms with Gasteiger partial charge in [-0.2, -0.15) is 0 Å². The molecule has 0 bridgehead atoms. The summed E-state index contributed by atoms with van der Waals surface area (Å²) < 4.78 is 19.4. The maximum atomic E-state index is 14.0. The number of hydrogen-bond donors (Lipinski definition) is 1. The highest BCUT2D eigenvalue weighted by Crippen LogP contribution is 2.37. The van der Waals surface area contributed by atoms with E-state index in [1.165, 1.54) is 6.07 Å². The van der Waals surface area contributed by atoms with E-state index in [1.807, 2.05) is 18.2 Å². The molecule has 3 rings (SSSR count). The highest BCUT2D eigenvalue weighted by molar-refractivity contribution is 5.57. The molecular formula is C16H18FNO2. The molecule has 0 amide bonds. The molecule has 1 atom stereocenters. The van der Waals surface area contributed by atoms with Crippen LogP contribution in [0, 0.1) is 5.82 Å². The molecule has 0 saturated heterocycles. The Balaban J connectivity index is 1.97. The molecule has 1 aliphatic carbocycles. The Kier molecular flexibility index (Phi) is 3.49. The van der Waals surface area contributed by atoms with E-state index in [0.717, 1.165) is 24.3 Å². The van der Waals surface area contributed by atoms with Crippen molar-refractivity contribution in [1.82, 2.24) is 0 Å². The number of furan rings is 1. The van der Waals surface area contributed by atoms with Gasteiger partial charge in [-0.3, -0.25) is 0 Å². The number of aliphatic hydroxyl groups excluding tert-OH is 1. The maximum Gasteiger partial charge on any atom is 0.131 e. The van der Waals surface area contributed by atoms with Gasteiger partial charge in [0.1, 0.15) is 11.6 Å². The maximum absolute atomic E-state index is 14.0. The smallest absolute Gasteiger partial charge is 0.131 e. The van der Waals surface area contributed by atoms with E-state index in [1.54, 1.807) is 19.3 Å². The summed E-state index contributed by atoms with van der Waals surface area (Å²) in [4.78, 5) is 2.13. The lowest BCUT2D eigenvalue weighted by Crippen LogP contribution is -2.26. The third-order valence-electron chi connectivity index (χ3n) is 3.65. The average molecular weight is 275 g/mol. The normalized spacial score (nSPS) is 16.1. The summed E-state index contributed by atoms with van der Waals surface area (Å²) in [6, 6.07) is 9.11. The predicted octanol–water partition coefficient (Wildman–Crippen LogP) is 3.64. The van der Waals surface area contributed by atoms with Crippen molar-refractivity contribution >= 4 is 5.69 Å². The van der Waals surface area contributed by atoms with E-state index in [0.29, 0.717) is 18.2 Å². The van der Waals surface area contributed by atoms with Crippen LogP contribution in [0.2, 0.25) is 0 Å². The Bertz CT molecular complexity index is 576. The summed E-state index contributed by atoms with van der Waals surface area (Å²) in [7, 11) is 0. The lowest BCUT2D eigenvalue weighted by molar-refractivity contribution is 0.194. The molecule has 1 N–H and O–H groups in total. The van der Waals surface area contributed by atoms with Crippen molar-refractivity contribution < 1.29 is 13.9 Å². The first-order chi connectivity index (χ1) is 9.66. The fourth-order valence-corrected chi connectivity index (χ4v) is 2.56. The van der Waals surface area contributed by atoms with E-state index in [4.69, 9.17) is 4.42 Å². The van der Waals surface area contributed by atoms with Crippen LogP contribution in [0.5, 0.6) is 0 Å². The van der Waals surface area contributed by atoms with E-state index in [-0.39, 0.29) is 5.82 Å². The first-order valence-corrected chi connectivity index (χ1v) is 6.92. The van der Waals surface area contributed by atoms with E-state index in [2.05, 4.69) is 4.90 Å². The van der Waals surface area contributed by atoms with Gasteiger partial charge in [0.2, 0.25) is 0 Å². The van der Waals surface area contributed by atoms with Gasteiger partial charge in [0, 0.05) is 17.3 Å². The van der Waals surface area contributed by atoms with Gasteiger partial charge in [-0.15, -0.1) is 0 Å². The van der Waals surface area contributed by atoms with Crippen molar-refractivity contribution in [1.29, 1.82) is 0 Å². The molecule has 20 heavy (non-hydrogen) atoms. The molecule has 0 aliphatic heterocycles. The van der Waals surface area contributed by atoms with Gasteiger partial charge in [-0.05, 0) is 44.0 Å². The zero-order valence-corrected chi connectivity index (χ0v) is 11.4. The molecule has 2 aromatic rings. The Labute approximate surface area is 117 Å². The molecular weight excluding hydrogens is 257 g/mol. The predicted molar refractivity (Wildman–Crippen MR) is 74.9 cm³/mol. The van der Waals surface area contributed by atoms with Crippen LogP contribution in [0.3, 0.4) is 0 Å². The molecule has 1 saturated carbocycles. The van der Waals surface area contributed by atoms with E-state index >= 15 is 0 Å². The highest BCUT2D eigenvalue weighted by Gasteiger charge is 2.32. The zero-order chi connectivity index (χ0) is 14.1. The minimum atomic E-state index is -0.830. The van der Waals surface area contributed by atoms with Gasteiger partial charge < -0.3 is 14.4 Å². The third-order valence-corrected chi connectivity index (χ3v) is 3.65. The highest BCUT2D eigenvalue weighted by atomic mass is 19.1. The largest absolute Gasteiger partial charge is 0.467 e. The third kappa shape index (κ3) is 2.56. The number of aliphatic hydroxyl groups is 1. The molecule has 106 valence electrons. The van der Waals surface area contributed by atoms with Crippen LogP contribution < -0.4 is 4.90 Å². The Morgan fingerprint density at radius 2 is 2.15 bits per heavy atom. The van der Waals surface area contributed by atoms with E-state index < -0.39 is 6.10 Å². The van der Waals surface area contributed by atoms with Crippen molar-refractivity contribution in [2.24, 2.45) is 0 Å². The number of rotatable bonds is 5. The first kappa shape index (κ1) is 13.2. The van der Waals surface area contributed by atoms with Crippen molar-refractivity contribution in [2.75, 3.05) is 4.90 Å². The lowest BCUT2D eigenvalue weighted by atomic mass is 10.1. The molecule has 0 radical (unpaired) electrons. The quantitative estimate of drug-likeness (QED) is 0.905. The minimum Gasteiger partial charge on any atom is -0.467 e. The molecule has 3 nitrogen and oxygen atoms in total. The van der Waals surface area contributed by atoms with Crippen molar-refractivity contribution in [3.05, 3.63) is 53.7 Å². The Morgan fingerprint density at radius 3 is 2.75 bits per heavy atom. The van der Waals surface area contributed by atoms with Gasteiger partial charge >= 0.3 is 0 Å². The van der Waals surface area contributed by atoms with Crippen molar-refractivity contribution in [3.63, 3.8) is 0 Å². The van der Waals surface area contributed by atoms with Crippen LogP contribution in [0.4, 0.5) is 10.1 Å².